The maximum Gasteiger partial charge on any atom is 0.217 e. The molecular weight excluding hydrogens is 228 g/mol. The minimum atomic E-state index is 0.0548. The normalized spacial score (nSPS) is 19.8. The first kappa shape index (κ1) is 12.8. The first-order valence-electron chi connectivity index (χ1n) is 6.30. The highest BCUT2D eigenvalue weighted by Gasteiger charge is 2.23. The van der Waals surface area contributed by atoms with Crippen molar-refractivity contribution in [3.8, 4) is 0 Å². The minimum absolute atomic E-state index is 0.0548. The Morgan fingerprint density at radius 2 is 2.44 bits per heavy atom. The predicted octanol–water partition coefficient (Wildman–Crippen LogP) is 0.834. The van der Waals surface area contributed by atoms with Crippen LogP contribution in [0.5, 0.6) is 0 Å². The van der Waals surface area contributed by atoms with Crippen LogP contribution in [0.15, 0.2) is 18.3 Å². The molecular formula is C13H20N4O. The van der Waals surface area contributed by atoms with Gasteiger partial charge in [-0.15, -0.1) is 0 Å². The highest BCUT2D eigenvalue weighted by Crippen LogP contribution is 2.17. The number of carbonyl (C=O) groups excluding carboxylic acids is 1. The number of hydrogen-bond acceptors (Lipinski definition) is 4. The van der Waals surface area contributed by atoms with Gasteiger partial charge in [-0.2, -0.15) is 0 Å². The fourth-order valence-corrected chi connectivity index (χ4v) is 2.41. The third kappa shape index (κ3) is 3.20. The van der Waals surface area contributed by atoms with Crippen molar-refractivity contribution in [1.29, 1.82) is 0 Å². The SMILES string of the molecule is CNc1ncccc1CN1CCC(NC(C)=O)C1. The highest BCUT2D eigenvalue weighted by molar-refractivity contribution is 5.73. The van der Waals surface area contributed by atoms with Gasteiger partial charge in [0.25, 0.3) is 0 Å². The Labute approximate surface area is 108 Å². The van der Waals surface area contributed by atoms with E-state index in [9.17, 15) is 4.79 Å². The van der Waals surface area contributed by atoms with Gasteiger partial charge >= 0.3 is 0 Å². The van der Waals surface area contributed by atoms with E-state index in [-0.39, 0.29) is 11.9 Å². The molecule has 1 aliphatic heterocycles. The van der Waals surface area contributed by atoms with E-state index in [1.54, 1.807) is 13.1 Å². The number of rotatable bonds is 4. The fraction of sp³-hybridized carbons (Fsp3) is 0.538. The van der Waals surface area contributed by atoms with Gasteiger partial charge < -0.3 is 10.6 Å². The maximum atomic E-state index is 11.0. The fourth-order valence-electron chi connectivity index (χ4n) is 2.41. The summed E-state index contributed by atoms with van der Waals surface area (Å²) in [7, 11) is 1.88. The van der Waals surface area contributed by atoms with E-state index in [1.165, 1.54) is 5.56 Å². The van der Waals surface area contributed by atoms with Crippen LogP contribution in [-0.2, 0) is 11.3 Å². The second kappa shape index (κ2) is 5.82. The van der Waals surface area contributed by atoms with E-state index < -0.39 is 0 Å². The van der Waals surface area contributed by atoms with Crippen molar-refractivity contribution < 1.29 is 4.79 Å². The van der Waals surface area contributed by atoms with Crippen LogP contribution in [0.2, 0.25) is 0 Å². The average Bonchev–Trinajstić information content (AvgIpc) is 2.76. The molecule has 1 aromatic heterocycles. The molecule has 2 rings (SSSR count). The van der Waals surface area contributed by atoms with Crippen LogP contribution in [0, 0.1) is 0 Å². The smallest absolute Gasteiger partial charge is 0.217 e. The molecule has 2 N–H and O–H groups in total. The number of pyridine rings is 1. The summed E-state index contributed by atoms with van der Waals surface area (Å²) < 4.78 is 0. The number of likely N-dealkylation sites (tertiary alicyclic amines) is 1. The molecule has 1 atom stereocenters. The summed E-state index contributed by atoms with van der Waals surface area (Å²) in [6, 6.07) is 4.33. The van der Waals surface area contributed by atoms with Gasteiger partial charge in [0.05, 0.1) is 0 Å². The summed E-state index contributed by atoms with van der Waals surface area (Å²) in [5.41, 5.74) is 1.20. The molecule has 0 saturated carbocycles. The van der Waals surface area contributed by atoms with E-state index in [1.807, 2.05) is 13.1 Å². The number of anilines is 1. The van der Waals surface area contributed by atoms with Crippen LogP contribution < -0.4 is 10.6 Å². The van der Waals surface area contributed by atoms with Crippen LogP contribution in [0.3, 0.4) is 0 Å². The second-order valence-corrected chi connectivity index (χ2v) is 4.68. The molecule has 2 heterocycles. The Morgan fingerprint density at radius 1 is 1.61 bits per heavy atom. The minimum Gasteiger partial charge on any atom is -0.373 e. The van der Waals surface area contributed by atoms with Crippen LogP contribution in [0.1, 0.15) is 18.9 Å². The molecule has 1 saturated heterocycles. The van der Waals surface area contributed by atoms with Gasteiger partial charge in [-0.25, -0.2) is 4.98 Å². The maximum absolute atomic E-state index is 11.0. The topological polar surface area (TPSA) is 57.3 Å². The van der Waals surface area contributed by atoms with Crippen molar-refractivity contribution >= 4 is 11.7 Å². The Bertz CT molecular complexity index is 421. The Hall–Kier alpha value is -1.62. The zero-order chi connectivity index (χ0) is 13.0. The van der Waals surface area contributed by atoms with Gasteiger partial charge in [0.15, 0.2) is 0 Å². The monoisotopic (exact) mass is 248 g/mol. The van der Waals surface area contributed by atoms with Gasteiger partial charge in [-0.05, 0) is 12.5 Å². The van der Waals surface area contributed by atoms with Crippen LogP contribution in [0.4, 0.5) is 5.82 Å². The third-order valence-electron chi connectivity index (χ3n) is 3.20. The lowest BCUT2D eigenvalue weighted by atomic mass is 10.2. The standard InChI is InChI=1S/C13H20N4O/c1-10(18)16-12-5-7-17(9-12)8-11-4-3-6-15-13(11)14-2/h3-4,6,12H,5,7-9H2,1-2H3,(H,14,15)(H,16,18). The Kier molecular flexibility index (Phi) is 4.15. The van der Waals surface area contributed by atoms with E-state index in [4.69, 9.17) is 0 Å². The molecule has 1 aromatic rings. The average molecular weight is 248 g/mol. The molecule has 0 bridgehead atoms. The molecule has 0 aliphatic carbocycles. The first-order chi connectivity index (χ1) is 8.69. The van der Waals surface area contributed by atoms with E-state index in [0.717, 1.165) is 31.9 Å². The van der Waals surface area contributed by atoms with Gasteiger partial charge in [0.1, 0.15) is 5.82 Å². The quantitative estimate of drug-likeness (QED) is 0.829. The zero-order valence-corrected chi connectivity index (χ0v) is 10.9. The molecule has 0 radical (unpaired) electrons. The lowest BCUT2D eigenvalue weighted by Gasteiger charge is -2.17. The molecule has 1 fully saturated rings. The number of carbonyl (C=O) groups is 1. The Balaban J connectivity index is 1.93. The van der Waals surface area contributed by atoms with Crippen molar-refractivity contribution in [3.05, 3.63) is 23.9 Å². The summed E-state index contributed by atoms with van der Waals surface area (Å²) in [4.78, 5) is 17.7. The van der Waals surface area contributed by atoms with Crippen molar-refractivity contribution in [1.82, 2.24) is 15.2 Å². The molecule has 5 heteroatoms. The molecule has 18 heavy (non-hydrogen) atoms. The van der Waals surface area contributed by atoms with Crippen molar-refractivity contribution in [2.75, 3.05) is 25.5 Å². The third-order valence-corrected chi connectivity index (χ3v) is 3.20. The lowest BCUT2D eigenvalue weighted by Crippen LogP contribution is -2.35. The summed E-state index contributed by atoms with van der Waals surface area (Å²) in [5, 5.41) is 6.08. The van der Waals surface area contributed by atoms with Crippen molar-refractivity contribution in [2.24, 2.45) is 0 Å². The van der Waals surface area contributed by atoms with Crippen molar-refractivity contribution in [2.45, 2.75) is 25.9 Å². The summed E-state index contributed by atoms with van der Waals surface area (Å²) >= 11 is 0. The molecule has 98 valence electrons. The molecule has 0 spiro atoms. The summed E-state index contributed by atoms with van der Waals surface area (Å²) in [5.74, 6) is 0.986. The van der Waals surface area contributed by atoms with Crippen LogP contribution in [-0.4, -0.2) is 42.0 Å². The van der Waals surface area contributed by atoms with E-state index >= 15 is 0 Å². The van der Waals surface area contributed by atoms with Gasteiger partial charge in [-0.1, -0.05) is 6.07 Å². The number of amides is 1. The summed E-state index contributed by atoms with van der Waals surface area (Å²) in [6.07, 6.45) is 2.81. The largest absolute Gasteiger partial charge is 0.373 e. The zero-order valence-electron chi connectivity index (χ0n) is 10.9. The second-order valence-electron chi connectivity index (χ2n) is 4.68. The Morgan fingerprint density at radius 3 is 3.17 bits per heavy atom. The highest BCUT2D eigenvalue weighted by atomic mass is 16.1. The summed E-state index contributed by atoms with van der Waals surface area (Å²) in [6.45, 7) is 4.38. The van der Waals surface area contributed by atoms with Gasteiger partial charge in [-0.3, -0.25) is 9.69 Å². The predicted molar refractivity (Wildman–Crippen MR) is 71.3 cm³/mol. The van der Waals surface area contributed by atoms with Gasteiger partial charge in [0, 0.05) is 51.4 Å². The van der Waals surface area contributed by atoms with Gasteiger partial charge in [0.2, 0.25) is 5.91 Å². The lowest BCUT2D eigenvalue weighted by molar-refractivity contribution is -0.119. The molecule has 0 aromatic carbocycles. The molecule has 1 amide bonds. The molecule has 5 nitrogen and oxygen atoms in total. The van der Waals surface area contributed by atoms with Crippen LogP contribution >= 0.6 is 0 Å². The number of aromatic nitrogens is 1. The van der Waals surface area contributed by atoms with Crippen molar-refractivity contribution in [3.63, 3.8) is 0 Å². The van der Waals surface area contributed by atoms with E-state index in [0.29, 0.717) is 0 Å². The number of nitrogens with zero attached hydrogens (tertiary/aromatic N) is 2. The number of nitrogens with one attached hydrogen (secondary N) is 2. The molecule has 1 aliphatic rings. The first-order valence-corrected chi connectivity index (χ1v) is 6.30. The number of hydrogen-bond donors (Lipinski definition) is 2. The van der Waals surface area contributed by atoms with Crippen LogP contribution in [0.25, 0.3) is 0 Å². The molecule has 1 unspecified atom stereocenters. The van der Waals surface area contributed by atoms with E-state index in [2.05, 4.69) is 26.6 Å².